The average Bonchev–Trinajstić information content (AvgIpc) is 2.48. The van der Waals surface area contributed by atoms with Gasteiger partial charge in [0.15, 0.2) is 0 Å². The van der Waals surface area contributed by atoms with Crippen molar-refractivity contribution in [3.8, 4) is 0 Å². The Balaban J connectivity index is 2.34. The van der Waals surface area contributed by atoms with Crippen LogP contribution in [0.15, 0.2) is 18.2 Å². The van der Waals surface area contributed by atoms with Gasteiger partial charge >= 0.3 is 0 Å². The quantitative estimate of drug-likeness (QED) is 0.484. The first-order valence-corrected chi connectivity index (χ1v) is 8.20. The van der Waals surface area contributed by atoms with Crippen LogP contribution >= 0.6 is 9.88 Å². The molecule has 0 spiro atoms. The molecule has 0 fully saturated rings. The molecule has 0 saturated carbocycles. The molecule has 0 aliphatic carbocycles. The Bertz CT molecular complexity index is 476. The minimum Gasteiger partial charge on any atom is -0.374 e. The molecule has 1 aromatic rings. The molecule has 0 bridgehead atoms. The van der Waals surface area contributed by atoms with Crippen LogP contribution in [0.1, 0.15) is 5.56 Å². The standard InChI is InChI=1S/C11H16BN3O2S/c1-18(2,12)11-7-13-6-8-3-4-9(15(16)17)5-10(8)14-11/h3-5,11,13-14H,6-7H2,1-2H3. The number of anilines is 1. The number of nitro benzene ring substituents is 1. The van der Waals surface area contributed by atoms with E-state index in [0.717, 1.165) is 17.8 Å². The molecule has 1 aromatic carbocycles. The largest absolute Gasteiger partial charge is 0.374 e. The van der Waals surface area contributed by atoms with Gasteiger partial charge in [-0.3, -0.25) is 20.0 Å². The summed E-state index contributed by atoms with van der Waals surface area (Å²) in [6.07, 6.45) is 4.05. The summed E-state index contributed by atoms with van der Waals surface area (Å²) in [6, 6.07) is 4.90. The Morgan fingerprint density at radius 2 is 2.22 bits per heavy atom. The van der Waals surface area contributed by atoms with Gasteiger partial charge in [-0.25, -0.2) is 0 Å². The fourth-order valence-corrected chi connectivity index (χ4v) is 2.87. The van der Waals surface area contributed by atoms with Gasteiger partial charge in [0.25, 0.3) is 5.69 Å². The predicted octanol–water partition coefficient (Wildman–Crippen LogP) is 1.58. The van der Waals surface area contributed by atoms with Crippen molar-refractivity contribution in [1.29, 1.82) is 0 Å². The molecule has 2 rings (SSSR count). The number of benzene rings is 1. The van der Waals surface area contributed by atoms with Gasteiger partial charge in [-0.15, -0.1) is 0 Å². The minimum absolute atomic E-state index is 0.103. The number of nitrogens with one attached hydrogen (secondary N) is 2. The lowest BCUT2D eigenvalue weighted by atomic mass is 10.1. The first-order chi connectivity index (χ1) is 8.38. The molecular formula is C11H16BN3O2S. The molecular weight excluding hydrogens is 249 g/mol. The molecule has 18 heavy (non-hydrogen) atoms. The van der Waals surface area contributed by atoms with Crippen LogP contribution in [0.4, 0.5) is 11.4 Å². The monoisotopic (exact) mass is 265 g/mol. The second kappa shape index (κ2) is 4.82. The molecule has 0 aromatic heterocycles. The summed E-state index contributed by atoms with van der Waals surface area (Å²) in [4.78, 5) is 10.4. The maximum absolute atomic E-state index is 10.8. The number of nitro groups is 1. The van der Waals surface area contributed by atoms with E-state index in [1.54, 1.807) is 12.1 Å². The fraction of sp³-hybridized carbons (Fsp3) is 0.455. The first kappa shape index (κ1) is 13.2. The zero-order chi connectivity index (χ0) is 13.3. The molecule has 0 amide bonds. The van der Waals surface area contributed by atoms with Crippen molar-refractivity contribution < 1.29 is 4.92 Å². The van der Waals surface area contributed by atoms with Gasteiger partial charge < -0.3 is 10.6 Å². The molecule has 1 atom stereocenters. The second-order valence-corrected chi connectivity index (χ2v) is 8.39. The Kier molecular flexibility index (Phi) is 3.54. The van der Waals surface area contributed by atoms with Crippen LogP contribution in [0, 0.1) is 10.1 Å². The number of hydrogen-bond donors (Lipinski definition) is 2. The van der Waals surface area contributed by atoms with Crippen molar-refractivity contribution in [1.82, 2.24) is 5.32 Å². The molecule has 1 heterocycles. The molecule has 2 radical (unpaired) electrons. The van der Waals surface area contributed by atoms with Crippen molar-refractivity contribution in [3.05, 3.63) is 33.9 Å². The Labute approximate surface area is 109 Å². The fourth-order valence-electron chi connectivity index (χ4n) is 1.90. The summed E-state index contributed by atoms with van der Waals surface area (Å²) in [5.74, 6) is 0. The number of hydrogen-bond acceptors (Lipinski definition) is 4. The van der Waals surface area contributed by atoms with Crippen LogP contribution in [0.3, 0.4) is 0 Å². The number of non-ortho nitro benzene ring substituents is 1. The van der Waals surface area contributed by atoms with Crippen LogP contribution < -0.4 is 10.6 Å². The van der Waals surface area contributed by atoms with Gasteiger partial charge in [-0.1, -0.05) is 0 Å². The van der Waals surface area contributed by atoms with E-state index in [-0.39, 0.29) is 16.0 Å². The molecule has 1 unspecified atom stereocenters. The van der Waals surface area contributed by atoms with Gasteiger partial charge in [0.1, 0.15) is 7.12 Å². The van der Waals surface area contributed by atoms with Crippen LogP contribution in [0.2, 0.25) is 0 Å². The molecule has 5 nitrogen and oxygen atoms in total. The highest BCUT2D eigenvalue weighted by Gasteiger charge is 2.23. The third-order valence-electron chi connectivity index (χ3n) is 3.00. The van der Waals surface area contributed by atoms with Crippen molar-refractivity contribution in [2.75, 3.05) is 24.4 Å². The summed E-state index contributed by atoms with van der Waals surface area (Å²) in [7, 11) is 4.91. The minimum atomic E-state index is -1.27. The summed E-state index contributed by atoms with van der Waals surface area (Å²) >= 11 is 0. The highest BCUT2D eigenvalue weighted by atomic mass is 32.3. The third kappa shape index (κ3) is 2.79. The maximum Gasteiger partial charge on any atom is 0.271 e. The van der Waals surface area contributed by atoms with Crippen molar-refractivity contribution in [2.45, 2.75) is 11.9 Å². The van der Waals surface area contributed by atoms with Gasteiger partial charge in [-0.2, -0.15) is 0 Å². The SMILES string of the molecule is [B]S(C)(C)C1CNCc2ccc([N+](=O)[O-])cc2N1. The van der Waals surface area contributed by atoms with Gasteiger partial charge in [-0.05, 0) is 24.1 Å². The average molecular weight is 265 g/mol. The van der Waals surface area contributed by atoms with E-state index >= 15 is 0 Å². The van der Waals surface area contributed by atoms with Crippen LogP contribution in [-0.4, -0.2) is 36.5 Å². The second-order valence-electron chi connectivity index (χ2n) is 4.85. The Morgan fingerprint density at radius 1 is 1.50 bits per heavy atom. The van der Waals surface area contributed by atoms with Crippen LogP contribution in [0.5, 0.6) is 0 Å². The van der Waals surface area contributed by atoms with E-state index in [9.17, 15) is 10.1 Å². The lowest BCUT2D eigenvalue weighted by Crippen LogP contribution is -2.34. The Hall–Kier alpha value is -1.21. The van der Waals surface area contributed by atoms with E-state index in [0.29, 0.717) is 6.54 Å². The lowest BCUT2D eigenvalue weighted by Gasteiger charge is -2.37. The zero-order valence-electron chi connectivity index (χ0n) is 10.5. The third-order valence-corrected chi connectivity index (χ3v) is 4.75. The topological polar surface area (TPSA) is 67.2 Å². The number of fused-ring (bicyclic) bond motifs is 1. The van der Waals surface area contributed by atoms with Gasteiger partial charge in [0.05, 0.1) is 10.3 Å². The summed E-state index contributed by atoms with van der Waals surface area (Å²) in [6.45, 7) is 1.47. The van der Waals surface area contributed by atoms with E-state index in [1.807, 2.05) is 12.5 Å². The van der Waals surface area contributed by atoms with E-state index in [1.165, 1.54) is 6.07 Å². The smallest absolute Gasteiger partial charge is 0.271 e. The van der Waals surface area contributed by atoms with Gasteiger partial charge in [0, 0.05) is 30.9 Å². The predicted molar refractivity (Wildman–Crippen MR) is 77.4 cm³/mol. The normalized spacial score (nSPS) is 20.4. The first-order valence-electron chi connectivity index (χ1n) is 5.62. The van der Waals surface area contributed by atoms with E-state index in [2.05, 4.69) is 10.6 Å². The number of nitrogens with zero attached hydrogens (tertiary/aromatic N) is 1. The van der Waals surface area contributed by atoms with Crippen molar-refractivity contribution in [2.24, 2.45) is 0 Å². The van der Waals surface area contributed by atoms with Crippen molar-refractivity contribution >= 4 is 28.4 Å². The summed E-state index contributed by atoms with van der Waals surface area (Å²) in [5, 5.41) is 17.6. The van der Waals surface area contributed by atoms with Gasteiger partial charge in [0.2, 0.25) is 0 Å². The summed E-state index contributed by atoms with van der Waals surface area (Å²) < 4.78 is 0. The lowest BCUT2D eigenvalue weighted by molar-refractivity contribution is -0.384. The van der Waals surface area contributed by atoms with E-state index in [4.69, 9.17) is 7.12 Å². The molecule has 96 valence electrons. The molecule has 7 heteroatoms. The molecule has 1 aliphatic rings. The van der Waals surface area contributed by atoms with Crippen LogP contribution in [0.25, 0.3) is 0 Å². The zero-order valence-corrected chi connectivity index (χ0v) is 11.3. The molecule has 1 aliphatic heterocycles. The van der Waals surface area contributed by atoms with Crippen molar-refractivity contribution in [3.63, 3.8) is 0 Å². The van der Waals surface area contributed by atoms with E-state index < -0.39 is 9.88 Å². The Morgan fingerprint density at radius 3 is 2.83 bits per heavy atom. The molecule has 2 N–H and O–H groups in total. The maximum atomic E-state index is 10.8. The van der Waals surface area contributed by atoms with Crippen LogP contribution in [-0.2, 0) is 6.54 Å². The number of rotatable bonds is 2. The molecule has 0 saturated heterocycles. The highest BCUT2D eigenvalue weighted by molar-refractivity contribution is 8.49. The summed E-state index contributed by atoms with van der Waals surface area (Å²) in [5.41, 5.74) is 1.95. The highest BCUT2D eigenvalue weighted by Crippen LogP contribution is 2.41.